The molecule has 0 spiro atoms. The van der Waals surface area contributed by atoms with E-state index in [1.165, 1.54) is 49.7 Å². The van der Waals surface area contributed by atoms with Gasteiger partial charge in [-0.15, -0.1) is 23.1 Å². The number of para-hydroxylation sites is 1. The first kappa shape index (κ1) is 100. The highest BCUT2D eigenvalue weighted by atomic mass is 32.2. The number of rotatable bonds is 23. The van der Waals surface area contributed by atoms with Crippen molar-refractivity contribution in [1.82, 2.24) is 82.7 Å². The second-order valence-electron chi connectivity index (χ2n) is 32.4. The SMILES string of the molecule is CCCC[C@H]1C(=O)N(C)[C@@H](CCCC)C(=O)N[C@@H](CN)C(=O)N[C@H](C(=O)NCC(N)=O)CSCC(=O)N[C@@H](Cc2ccc(O)cc2)C(=O)N2CCC[C@H]2C(=O)N[C@@H](CC(=O)O)C(=O)N2CCC[C@H]2C(=O)N[C@@H](CN)C(=O)N[C@@H](CC(=O)O)C(=O)N2C[C@H](O)C[C@H]2C(=O)N[C@@H](Cc2c[nH]c3ccccc23)C(=O)N[C@@H](CCN)C(=O)N[C@@H](Cc2csc3ccccc23)C(=O)N1C. The maximum Gasteiger partial charge on any atom is 0.305 e. The Morgan fingerprint density at radius 1 is 0.512 bits per heavy atom. The quantitative estimate of drug-likeness (QED) is 0.0297. The largest absolute Gasteiger partial charge is 0.508 e. The molecule has 700 valence electrons. The van der Waals surface area contributed by atoms with E-state index < -0.39 is 254 Å². The van der Waals surface area contributed by atoms with Crippen LogP contribution in [0.2, 0.25) is 0 Å². The molecule has 2 aromatic heterocycles. The van der Waals surface area contributed by atoms with Crippen molar-refractivity contribution in [3.05, 3.63) is 101 Å². The van der Waals surface area contributed by atoms with Crippen molar-refractivity contribution in [3.8, 4) is 5.75 Å². The van der Waals surface area contributed by atoms with Gasteiger partial charge >= 0.3 is 11.9 Å². The number of phenolic OH excluding ortho intramolecular Hbond substituents is 1. The molecule has 0 unspecified atom stereocenters. The van der Waals surface area contributed by atoms with Gasteiger partial charge in [-0.2, -0.15) is 0 Å². The van der Waals surface area contributed by atoms with Crippen LogP contribution < -0.4 is 76.1 Å². The summed E-state index contributed by atoms with van der Waals surface area (Å²) in [6.45, 7) is 0.414. The number of carboxylic acids is 2. The van der Waals surface area contributed by atoms with E-state index in [-0.39, 0.29) is 89.6 Å². The topological polar surface area (TPSA) is 645 Å². The molecule has 4 aliphatic rings. The van der Waals surface area contributed by atoms with E-state index in [0.717, 1.165) is 46.3 Å². The number of nitrogens with zero attached hydrogens (tertiary/aromatic N) is 5. The van der Waals surface area contributed by atoms with E-state index in [9.17, 15) is 82.8 Å². The number of thiophene rings is 1. The number of aliphatic hydroxyl groups is 1. The molecule has 0 saturated carbocycles. The number of primary amides is 1. The van der Waals surface area contributed by atoms with Crippen LogP contribution in [0.25, 0.3) is 21.0 Å². The van der Waals surface area contributed by atoms with Crippen LogP contribution in [0.1, 0.15) is 120 Å². The Kier molecular flexibility index (Phi) is 37.0. The maximum atomic E-state index is 15.7. The smallest absolute Gasteiger partial charge is 0.305 e. The van der Waals surface area contributed by atoms with Gasteiger partial charge in [0.25, 0.3) is 0 Å². The number of likely N-dealkylation sites (N-methyl/N-ethyl adjacent to an activating group) is 2. The molecule has 23 N–H and O–H groups in total. The Balaban J connectivity index is 1.08. The number of aromatic hydroxyl groups is 1. The van der Waals surface area contributed by atoms with Crippen LogP contribution in [0, 0.1) is 0 Å². The lowest BCUT2D eigenvalue weighted by Gasteiger charge is -2.36. The number of thioether (sulfide) groups is 1. The predicted molar refractivity (Wildman–Crippen MR) is 470 cm³/mol. The van der Waals surface area contributed by atoms with Crippen molar-refractivity contribution in [2.45, 2.75) is 214 Å². The van der Waals surface area contributed by atoms with Crippen molar-refractivity contribution in [3.63, 3.8) is 0 Å². The normalized spacial score (nSPS) is 25.8. The highest BCUT2D eigenvalue weighted by Gasteiger charge is 2.48. The van der Waals surface area contributed by atoms with Crippen molar-refractivity contribution >= 4 is 151 Å². The second-order valence-corrected chi connectivity index (χ2v) is 34.4. The number of aliphatic hydroxyl groups excluding tert-OH is 1. The summed E-state index contributed by atoms with van der Waals surface area (Å²) < 4.78 is 0.819. The zero-order valence-electron chi connectivity index (χ0n) is 72.1. The minimum absolute atomic E-state index is 0.00806. The average molecular weight is 1830 g/mol. The number of aromatic amines is 1. The third-order valence-corrected chi connectivity index (χ3v) is 25.2. The number of carboxylic acid groups (broad SMARTS) is 2. The fourth-order valence-electron chi connectivity index (χ4n) is 16.3. The Morgan fingerprint density at radius 3 is 1.61 bits per heavy atom. The van der Waals surface area contributed by atoms with Crippen LogP contribution >= 0.6 is 23.1 Å². The van der Waals surface area contributed by atoms with Gasteiger partial charge in [-0.3, -0.25) is 86.3 Å². The molecule has 4 fully saturated rings. The predicted octanol–water partition coefficient (Wildman–Crippen LogP) is -3.98. The fourth-order valence-corrected chi connectivity index (χ4v) is 18.1. The molecule has 0 bridgehead atoms. The molecule has 42 nitrogen and oxygen atoms in total. The lowest BCUT2D eigenvalue weighted by atomic mass is 10.00. The maximum absolute atomic E-state index is 15.7. The molecule has 0 radical (unpaired) electrons. The molecule has 9 rings (SSSR count). The van der Waals surface area contributed by atoms with E-state index in [0.29, 0.717) is 53.3 Å². The number of carbonyl (C=O) groups excluding carboxylic acids is 16. The van der Waals surface area contributed by atoms with Gasteiger partial charge in [0, 0.05) is 100 Å². The standard InChI is InChI=1S/C85H116N20O22S2/c1-5-7-18-62-77(119)98-60(38-88)76(118)100-61(72(114)91-40-68(89)108)43-128-44-69(109)92-55(31-45-23-25-48(106)26-24-45)82(124)103-29-13-20-63(103)78(120)97-57(35-70(110)111)83(125)104-30-14-21-64(104)79(121)99-59(37-87)75(117)96-58(36-71(112)113)84(126)105-41-49(107)34-66(105)80(122)94-54(32-46-39-90-52-17-11-9-15-50(46)52)74(116)93-53(27-28-86)73(115)95-56(33-47-42-129-67-22-12-10-16-51(47)67)81(123)102(4)65(19-8-6-2)85(127)101(62)3/h9-12,15-17,22-26,39,42,49,53-66,90,106-107H,5-8,13-14,18-21,27-38,40-41,43-44,86-88H2,1-4H3,(H2,89,108)(H,91,114)(H,92,109)(H,93,116)(H,94,122)(H,95,115)(H,96,117)(H,97,120)(H,98,119)(H,99,121)(H,100,118)(H,110,111)(H,112,113)/t49-,53+,54+,55+,56+,57+,58+,59+,60+,61+,62+,63+,64+,65+,66+/m1/s1. The Morgan fingerprint density at radius 2 is 1.01 bits per heavy atom. The van der Waals surface area contributed by atoms with E-state index >= 15 is 24.0 Å². The molecule has 16 amide bonds. The number of carbonyl (C=O) groups is 18. The summed E-state index contributed by atoms with van der Waals surface area (Å²) in [5.74, 6) is -20.2. The molecule has 5 aromatic rings. The van der Waals surface area contributed by atoms with Gasteiger partial charge in [0.1, 0.15) is 90.3 Å². The molecule has 4 aliphatic heterocycles. The van der Waals surface area contributed by atoms with Crippen molar-refractivity contribution in [1.29, 1.82) is 0 Å². The van der Waals surface area contributed by atoms with Gasteiger partial charge in [0.15, 0.2) is 0 Å². The molecule has 0 aliphatic carbocycles. The Bertz CT molecular complexity index is 4920. The third-order valence-electron chi connectivity index (χ3n) is 23.2. The average Bonchev–Trinajstić information content (AvgIpc) is 1.75. The highest BCUT2D eigenvalue weighted by molar-refractivity contribution is 8.00. The van der Waals surface area contributed by atoms with Gasteiger partial charge in [-0.25, -0.2) is 0 Å². The van der Waals surface area contributed by atoms with E-state index in [2.05, 4.69) is 58.2 Å². The molecule has 15 atom stereocenters. The van der Waals surface area contributed by atoms with Gasteiger partial charge < -0.3 is 126 Å². The number of aromatic nitrogens is 1. The van der Waals surface area contributed by atoms with Gasteiger partial charge in [-0.1, -0.05) is 88.1 Å². The summed E-state index contributed by atoms with van der Waals surface area (Å²) in [4.78, 5) is 268. The molecular formula is C85H116N20O22S2. The van der Waals surface area contributed by atoms with Gasteiger partial charge in [-0.05, 0) is 103 Å². The summed E-state index contributed by atoms with van der Waals surface area (Å²) in [7, 11) is 2.70. The van der Waals surface area contributed by atoms with Crippen LogP contribution in [-0.2, 0) is 106 Å². The number of nitrogens with two attached hydrogens (primary N) is 4. The van der Waals surface area contributed by atoms with E-state index in [4.69, 9.17) is 22.9 Å². The van der Waals surface area contributed by atoms with E-state index in [1.807, 2.05) is 32.0 Å². The summed E-state index contributed by atoms with van der Waals surface area (Å²) >= 11 is 2.11. The number of H-pyrrole nitrogens is 1. The number of benzene rings is 3. The number of hydrogen-bond donors (Lipinski definition) is 19. The lowest BCUT2D eigenvalue weighted by molar-refractivity contribution is -0.149. The first-order chi connectivity index (χ1) is 61.6. The third kappa shape index (κ3) is 26.9. The van der Waals surface area contributed by atoms with Crippen molar-refractivity contribution < 1.29 is 107 Å². The number of phenols is 1. The fraction of sp³-hybridized carbons (Fsp3) is 0.529. The van der Waals surface area contributed by atoms with Crippen LogP contribution in [0.15, 0.2) is 84.4 Å². The van der Waals surface area contributed by atoms with Crippen LogP contribution in [0.4, 0.5) is 0 Å². The first-order valence-electron chi connectivity index (χ1n) is 42.9. The van der Waals surface area contributed by atoms with Gasteiger partial charge in [0.2, 0.25) is 94.5 Å². The molecule has 3 aromatic carbocycles. The second kappa shape index (κ2) is 47.6. The minimum atomic E-state index is -2.07. The van der Waals surface area contributed by atoms with Crippen LogP contribution in [0.3, 0.4) is 0 Å². The summed E-state index contributed by atoms with van der Waals surface area (Å²) in [6.07, 6.45) is -1.90. The number of nitrogens with one attached hydrogen (secondary N) is 11. The molecule has 6 heterocycles. The van der Waals surface area contributed by atoms with Crippen LogP contribution in [-0.4, -0.2) is 318 Å². The zero-order valence-corrected chi connectivity index (χ0v) is 73.8. The number of amides is 16. The molecular weight excluding hydrogens is 1720 g/mol. The van der Waals surface area contributed by atoms with Gasteiger partial charge in [0.05, 0.1) is 31.2 Å². The first-order valence-corrected chi connectivity index (χ1v) is 44.9. The summed E-state index contributed by atoms with van der Waals surface area (Å²) in [5, 5.41) is 70.5. The van der Waals surface area contributed by atoms with Crippen LogP contribution in [0.5, 0.6) is 5.75 Å². The number of unbranched alkanes of at least 4 members (excludes halogenated alkanes) is 2. The van der Waals surface area contributed by atoms with E-state index in [1.54, 1.807) is 41.9 Å². The summed E-state index contributed by atoms with van der Waals surface area (Å²) in [6, 6.07) is -2.88. The zero-order chi connectivity index (χ0) is 94.0. The van der Waals surface area contributed by atoms with Crippen molar-refractivity contribution in [2.75, 3.05) is 71.4 Å². The molecule has 44 heteroatoms. The number of hydrogen-bond acceptors (Lipinski definition) is 25. The number of aliphatic carboxylic acids is 2. The summed E-state index contributed by atoms with van der Waals surface area (Å²) in [5.41, 5.74) is 26.0. The Hall–Kier alpha value is -12.4. The molecule has 129 heavy (non-hydrogen) atoms. The molecule has 4 saturated heterocycles. The monoisotopic (exact) mass is 1830 g/mol. The van der Waals surface area contributed by atoms with Crippen molar-refractivity contribution in [2.24, 2.45) is 22.9 Å². The highest BCUT2D eigenvalue weighted by Crippen LogP contribution is 2.30. The number of fused-ring (bicyclic) bond motifs is 5. The Labute approximate surface area is 751 Å². The lowest BCUT2D eigenvalue weighted by Crippen LogP contribution is -2.62. The minimum Gasteiger partial charge on any atom is -0.508 e.